The number of furan rings is 1. The average molecular weight is 220 g/mol. The summed E-state index contributed by atoms with van der Waals surface area (Å²) < 4.78 is 5.36. The van der Waals surface area contributed by atoms with Gasteiger partial charge < -0.3 is 10.2 Å². The highest BCUT2D eigenvalue weighted by Crippen LogP contribution is 2.11. The van der Waals surface area contributed by atoms with Crippen LogP contribution in [0.1, 0.15) is 29.7 Å². The first-order valence-electron chi connectivity index (χ1n) is 4.96. The number of Topliss-reactive ketones (excluding diaryl/α,β-unsaturated/α-hetero) is 1. The molecule has 84 valence electrons. The first-order chi connectivity index (χ1) is 7.69. The van der Waals surface area contributed by atoms with Gasteiger partial charge in [-0.2, -0.15) is 9.90 Å². The molecule has 0 radical (unpaired) electrons. The summed E-state index contributed by atoms with van der Waals surface area (Å²) in [6.45, 7) is 2.16. The minimum absolute atomic E-state index is 0.0146. The molecule has 0 spiro atoms. The Labute approximate surface area is 92.0 Å². The van der Waals surface area contributed by atoms with Gasteiger partial charge in [0.05, 0.1) is 6.20 Å². The average Bonchev–Trinajstić information content (AvgIpc) is 2.87. The molecule has 2 aromatic heterocycles. The molecule has 16 heavy (non-hydrogen) atoms. The topological polar surface area (TPSA) is 86.9 Å². The van der Waals surface area contributed by atoms with Crippen LogP contribution in [-0.2, 0) is 6.54 Å². The predicted octanol–water partition coefficient (Wildman–Crippen LogP) is 1.09. The van der Waals surface area contributed by atoms with E-state index in [1.807, 2.05) is 0 Å². The minimum atomic E-state index is -0.0146. The molecule has 6 nitrogen and oxygen atoms in total. The zero-order valence-corrected chi connectivity index (χ0v) is 8.88. The molecule has 0 fully saturated rings. The van der Waals surface area contributed by atoms with Crippen molar-refractivity contribution in [1.29, 1.82) is 0 Å². The molecule has 2 N–H and O–H groups in total. The number of nitrogens with two attached hydrogens (primary N) is 1. The van der Waals surface area contributed by atoms with Gasteiger partial charge in [0.15, 0.2) is 17.4 Å². The van der Waals surface area contributed by atoms with Gasteiger partial charge in [-0.1, -0.05) is 6.92 Å². The first-order valence-corrected chi connectivity index (χ1v) is 4.96. The summed E-state index contributed by atoms with van der Waals surface area (Å²) in [6.07, 6.45) is 1.89. The lowest BCUT2D eigenvalue weighted by Gasteiger charge is -1.95. The number of rotatable bonds is 4. The summed E-state index contributed by atoms with van der Waals surface area (Å²) in [5, 5.41) is 7.84. The lowest BCUT2D eigenvalue weighted by molar-refractivity contribution is 0.0959. The Morgan fingerprint density at radius 1 is 1.56 bits per heavy atom. The third-order valence-electron chi connectivity index (χ3n) is 2.11. The third-order valence-corrected chi connectivity index (χ3v) is 2.11. The van der Waals surface area contributed by atoms with Crippen LogP contribution in [0.3, 0.4) is 0 Å². The molecule has 0 saturated carbocycles. The highest BCUT2D eigenvalue weighted by atomic mass is 16.3. The molecule has 6 heteroatoms. The Kier molecular flexibility index (Phi) is 2.72. The SMILES string of the molecule is CCC(=O)c1ccc(Cn2ncc(N)n2)o1. The number of carbonyl (C=O) groups excluding carboxylic acids is 1. The summed E-state index contributed by atoms with van der Waals surface area (Å²) in [4.78, 5) is 12.7. The molecule has 0 aliphatic rings. The van der Waals surface area contributed by atoms with Gasteiger partial charge in [0.25, 0.3) is 0 Å². The molecule has 0 aromatic carbocycles. The van der Waals surface area contributed by atoms with Crippen LogP contribution in [0.5, 0.6) is 0 Å². The van der Waals surface area contributed by atoms with E-state index in [1.54, 1.807) is 19.1 Å². The fraction of sp³-hybridized carbons (Fsp3) is 0.300. The molecule has 0 aliphatic heterocycles. The van der Waals surface area contributed by atoms with E-state index >= 15 is 0 Å². The van der Waals surface area contributed by atoms with E-state index in [2.05, 4.69) is 10.2 Å². The number of aromatic nitrogens is 3. The van der Waals surface area contributed by atoms with E-state index in [4.69, 9.17) is 10.2 Å². The molecule has 0 saturated heterocycles. The van der Waals surface area contributed by atoms with Gasteiger partial charge in [-0.3, -0.25) is 4.79 Å². The number of ketones is 1. The fourth-order valence-corrected chi connectivity index (χ4v) is 1.31. The molecule has 2 rings (SSSR count). The van der Waals surface area contributed by atoms with E-state index in [0.29, 0.717) is 30.3 Å². The van der Waals surface area contributed by atoms with Crippen LogP contribution in [-0.4, -0.2) is 20.8 Å². The van der Waals surface area contributed by atoms with Crippen LogP contribution < -0.4 is 5.73 Å². The second-order valence-electron chi connectivity index (χ2n) is 3.34. The molecule has 2 aromatic rings. The molecule has 0 amide bonds. The van der Waals surface area contributed by atoms with Crippen molar-refractivity contribution in [2.45, 2.75) is 19.9 Å². The van der Waals surface area contributed by atoms with Crippen molar-refractivity contribution in [2.75, 3.05) is 5.73 Å². The third kappa shape index (κ3) is 2.10. The van der Waals surface area contributed by atoms with E-state index in [0.717, 1.165) is 0 Å². The Morgan fingerprint density at radius 3 is 3.00 bits per heavy atom. The largest absolute Gasteiger partial charge is 0.456 e. The van der Waals surface area contributed by atoms with E-state index < -0.39 is 0 Å². The Morgan fingerprint density at radius 2 is 2.38 bits per heavy atom. The smallest absolute Gasteiger partial charge is 0.197 e. The van der Waals surface area contributed by atoms with Crippen LogP contribution in [0.4, 0.5) is 5.82 Å². The molecular weight excluding hydrogens is 208 g/mol. The van der Waals surface area contributed by atoms with Crippen LogP contribution in [0, 0.1) is 0 Å². The molecule has 2 heterocycles. The number of nitrogen functional groups attached to an aromatic ring is 1. The molecular formula is C10H12N4O2. The minimum Gasteiger partial charge on any atom is -0.456 e. The highest BCUT2D eigenvalue weighted by molar-refractivity contribution is 5.93. The van der Waals surface area contributed by atoms with Crippen molar-refractivity contribution in [3.8, 4) is 0 Å². The van der Waals surface area contributed by atoms with Crippen molar-refractivity contribution < 1.29 is 9.21 Å². The first kappa shape index (κ1) is 10.4. The summed E-state index contributed by atoms with van der Waals surface area (Å²) in [7, 11) is 0. The number of anilines is 1. The Balaban J connectivity index is 2.11. The van der Waals surface area contributed by atoms with E-state index in [9.17, 15) is 4.79 Å². The van der Waals surface area contributed by atoms with Crippen LogP contribution >= 0.6 is 0 Å². The monoisotopic (exact) mass is 220 g/mol. The van der Waals surface area contributed by atoms with Gasteiger partial charge in [-0.05, 0) is 12.1 Å². The fourth-order valence-electron chi connectivity index (χ4n) is 1.31. The number of hydrogen-bond acceptors (Lipinski definition) is 5. The maximum Gasteiger partial charge on any atom is 0.197 e. The van der Waals surface area contributed by atoms with Gasteiger partial charge in [-0.15, -0.1) is 5.10 Å². The highest BCUT2D eigenvalue weighted by Gasteiger charge is 2.09. The van der Waals surface area contributed by atoms with Crippen LogP contribution in [0.2, 0.25) is 0 Å². The van der Waals surface area contributed by atoms with Gasteiger partial charge in [0.1, 0.15) is 12.3 Å². The Hall–Kier alpha value is -2.11. The van der Waals surface area contributed by atoms with Crippen LogP contribution in [0.25, 0.3) is 0 Å². The predicted molar refractivity (Wildman–Crippen MR) is 56.9 cm³/mol. The maximum atomic E-state index is 11.3. The van der Waals surface area contributed by atoms with Gasteiger partial charge >= 0.3 is 0 Å². The van der Waals surface area contributed by atoms with Crippen molar-refractivity contribution >= 4 is 11.6 Å². The lowest BCUT2D eigenvalue weighted by Crippen LogP contribution is -2.03. The van der Waals surface area contributed by atoms with Gasteiger partial charge in [-0.25, -0.2) is 0 Å². The number of hydrogen-bond donors (Lipinski definition) is 1. The summed E-state index contributed by atoms with van der Waals surface area (Å²) in [5.74, 6) is 1.35. The normalized spacial score (nSPS) is 10.6. The molecule has 0 aliphatic carbocycles. The number of carbonyl (C=O) groups is 1. The summed E-state index contributed by atoms with van der Waals surface area (Å²) in [6, 6.07) is 3.40. The summed E-state index contributed by atoms with van der Waals surface area (Å²) >= 11 is 0. The zero-order valence-electron chi connectivity index (χ0n) is 8.88. The maximum absolute atomic E-state index is 11.3. The van der Waals surface area contributed by atoms with E-state index in [1.165, 1.54) is 11.0 Å². The second kappa shape index (κ2) is 4.18. The second-order valence-corrected chi connectivity index (χ2v) is 3.34. The quantitative estimate of drug-likeness (QED) is 0.779. The standard InChI is InChI=1S/C10H12N4O2/c1-2-8(15)9-4-3-7(16-9)6-14-12-5-10(11)13-14/h3-5H,2,6H2,1H3,(H2,11,13). The van der Waals surface area contributed by atoms with Crippen molar-refractivity contribution in [3.05, 3.63) is 29.9 Å². The van der Waals surface area contributed by atoms with Crippen LogP contribution in [0.15, 0.2) is 22.7 Å². The van der Waals surface area contributed by atoms with Crippen molar-refractivity contribution in [3.63, 3.8) is 0 Å². The zero-order chi connectivity index (χ0) is 11.5. The summed E-state index contributed by atoms with van der Waals surface area (Å²) in [5.41, 5.74) is 5.43. The van der Waals surface area contributed by atoms with Gasteiger partial charge in [0.2, 0.25) is 0 Å². The van der Waals surface area contributed by atoms with Crippen molar-refractivity contribution in [2.24, 2.45) is 0 Å². The number of nitrogens with zero attached hydrogens (tertiary/aromatic N) is 3. The molecule has 0 unspecified atom stereocenters. The Bertz CT molecular complexity index is 500. The van der Waals surface area contributed by atoms with E-state index in [-0.39, 0.29) is 5.78 Å². The van der Waals surface area contributed by atoms with Gasteiger partial charge in [0, 0.05) is 6.42 Å². The van der Waals surface area contributed by atoms with Crippen molar-refractivity contribution in [1.82, 2.24) is 15.0 Å². The molecule has 0 bridgehead atoms. The molecule has 0 atom stereocenters. The lowest BCUT2D eigenvalue weighted by atomic mass is 10.2.